The molecular weight excluding hydrogens is 249 g/mol. The number of thioether (sulfide) groups is 1. The maximum absolute atomic E-state index is 13.7. The van der Waals surface area contributed by atoms with Crippen LogP contribution in [0.4, 0.5) is 4.39 Å². The highest BCUT2D eigenvalue weighted by molar-refractivity contribution is 7.99. The van der Waals surface area contributed by atoms with Crippen LogP contribution in [0, 0.1) is 5.82 Å². The van der Waals surface area contributed by atoms with Crippen molar-refractivity contribution in [3.05, 3.63) is 29.6 Å². The third-order valence-corrected chi connectivity index (χ3v) is 4.37. The lowest BCUT2D eigenvalue weighted by molar-refractivity contribution is 0.167. The number of halogens is 1. The van der Waals surface area contributed by atoms with Gasteiger partial charge in [0.1, 0.15) is 5.82 Å². The van der Waals surface area contributed by atoms with Crippen molar-refractivity contribution in [2.45, 2.75) is 49.8 Å². The molecule has 18 heavy (non-hydrogen) atoms. The zero-order valence-corrected chi connectivity index (χ0v) is 11.6. The zero-order valence-electron chi connectivity index (χ0n) is 10.8. The number of benzene rings is 1. The Balaban J connectivity index is 2.10. The quantitative estimate of drug-likeness (QED) is 0.881. The van der Waals surface area contributed by atoms with Gasteiger partial charge in [0.05, 0.1) is 6.10 Å². The Morgan fingerprint density at radius 3 is 3.00 bits per heavy atom. The Morgan fingerprint density at radius 1 is 1.50 bits per heavy atom. The molecule has 1 aromatic carbocycles. The van der Waals surface area contributed by atoms with Gasteiger partial charge < -0.3 is 10.4 Å². The summed E-state index contributed by atoms with van der Waals surface area (Å²) in [6, 6.07) is 5.72. The van der Waals surface area contributed by atoms with Crippen LogP contribution in [-0.2, 0) is 0 Å². The van der Waals surface area contributed by atoms with Crippen LogP contribution in [0.5, 0.6) is 0 Å². The van der Waals surface area contributed by atoms with E-state index in [4.69, 9.17) is 0 Å². The molecule has 0 radical (unpaired) electrons. The Morgan fingerprint density at radius 2 is 2.28 bits per heavy atom. The highest BCUT2D eigenvalue weighted by atomic mass is 32.2. The van der Waals surface area contributed by atoms with Crippen LogP contribution in [0.15, 0.2) is 23.1 Å². The van der Waals surface area contributed by atoms with Crippen LogP contribution in [-0.4, -0.2) is 23.0 Å². The van der Waals surface area contributed by atoms with E-state index in [0.717, 1.165) is 22.6 Å². The highest BCUT2D eigenvalue weighted by Gasteiger charge is 2.24. The van der Waals surface area contributed by atoms with Gasteiger partial charge in [-0.15, -0.1) is 11.8 Å². The van der Waals surface area contributed by atoms with Gasteiger partial charge in [-0.25, -0.2) is 4.39 Å². The summed E-state index contributed by atoms with van der Waals surface area (Å²) in [4.78, 5) is 0.783. The molecule has 3 unspecified atom stereocenters. The lowest BCUT2D eigenvalue weighted by atomic mass is 10.0. The third kappa shape index (κ3) is 3.25. The van der Waals surface area contributed by atoms with Crippen LogP contribution in [0.3, 0.4) is 0 Å². The summed E-state index contributed by atoms with van der Waals surface area (Å²) in [5, 5.41) is 12.9. The van der Waals surface area contributed by atoms with E-state index in [1.165, 1.54) is 6.07 Å². The topological polar surface area (TPSA) is 32.3 Å². The summed E-state index contributed by atoms with van der Waals surface area (Å²) in [5.41, 5.74) is 1.06. The fourth-order valence-electron chi connectivity index (χ4n) is 2.48. The average Bonchev–Trinajstić information content (AvgIpc) is 2.29. The second-order valence-electron chi connectivity index (χ2n) is 5.00. The first-order chi connectivity index (χ1) is 8.58. The number of aliphatic hydroxyl groups excluding tert-OH is 1. The Labute approximate surface area is 112 Å². The molecule has 1 aliphatic heterocycles. The summed E-state index contributed by atoms with van der Waals surface area (Å²) in [7, 11) is 0. The van der Waals surface area contributed by atoms with Crippen molar-refractivity contribution in [1.29, 1.82) is 0 Å². The smallest absolute Gasteiger partial charge is 0.137 e. The van der Waals surface area contributed by atoms with Gasteiger partial charge in [0.15, 0.2) is 0 Å². The van der Waals surface area contributed by atoms with Gasteiger partial charge in [-0.3, -0.25) is 0 Å². The molecule has 0 spiro atoms. The molecule has 1 heterocycles. The minimum Gasteiger partial charge on any atom is -0.393 e. The molecule has 0 saturated carbocycles. The van der Waals surface area contributed by atoms with E-state index in [-0.39, 0.29) is 24.0 Å². The van der Waals surface area contributed by atoms with Crippen molar-refractivity contribution in [2.24, 2.45) is 0 Å². The molecule has 0 fully saturated rings. The van der Waals surface area contributed by atoms with Gasteiger partial charge in [-0.2, -0.15) is 0 Å². The molecule has 2 nitrogen and oxygen atoms in total. The van der Waals surface area contributed by atoms with E-state index in [1.54, 1.807) is 24.8 Å². The molecule has 4 heteroatoms. The van der Waals surface area contributed by atoms with E-state index in [2.05, 4.69) is 12.2 Å². The second-order valence-corrected chi connectivity index (χ2v) is 6.11. The van der Waals surface area contributed by atoms with Gasteiger partial charge in [0.2, 0.25) is 0 Å². The lowest BCUT2D eigenvalue weighted by Gasteiger charge is -2.29. The fourth-order valence-corrected chi connectivity index (χ4v) is 3.62. The molecule has 0 aliphatic carbocycles. The molecule has 1 aliphatic rings. The SMILES string of the molecule is CC(O)CC(C)NC1CCSc2c(F)cccc21. The van der Waals surface area contributed by atoms with Gasteiger partial charge in [-0.1, -0.05) is 12.1 Å². The van der Waals surface area contributed by atoms with E-state index < -0.39 is 0 Å². The number of nitrogens with one attached hydrogen (secondary N) is 1. The fraction of sp³-hybridized carbons (Fsp3) is 0.571. The molecule has 0 bridgehead atoms. The minimum absolute atomic E-state index is 0.118. The number of fused-ring (bicyclic) bond motifs is 1. The molecule has 0 amide bonds. The maximum atomic E-state index is 13.7. The van der Waals surface area contributed by atoms with Gasteiger partial charge in [0, 0.05) is 17.0 Å². The summed E-state index contributed by atoms with van der Waals surface area (Å²) < 4.78 is 13.7. The van der Waals surface area contributed by atoms with Crippen molar-refractivity contribution in [3.8, 4) is 0 Å². The van der Waals surface area contributed by atoms with Gasteiger partial charge >= 0.3 is 0 Å². The summed E-state index contributed by atoms with van der Waals surface area (Å²) in [6.07, 6.45) is 1.41. The summed E-state index contributed by atoms with van der Waals surface area (Å²) in [6.45, 7) is 3.86. The minimum atomic E-state index is -0.308. The molecule has 0 saturated heterocycles. The number of aliphatic hydroxyl groups is 1. The van der Waals surface area contributed by atoms with E-state index >= 15 is 0 Å². The molecule has 0 aromatic heterocycles. The first-order valence-corrected chi connectivity index (χ1v) is 7.42. The molecular formula is C14H20FNOS. The number of rotatable bonds is 4. The van der Waals surface area contributed by atoms with Crippen LogP contribution in [0.2, 0.25) is 0 Å². The molecule has 1 aromatic rings. The Kier molecular flexibility index (Phi) is 4.65. The molecule has 100 valence electrons. The number of hydrogen-bond acceptors (Lipinski definition) is 3. The Bertz CT molecular complexity index is 411. The lowest BCUT2D eigenvalue weighted by Crippen LogP contribution is -2.34. The van der Waals surface area contributed by atoms with Crippen LogP contribution >= 0.6 is 11.8 Å². The van der Waals surface area contributed by atoms with Crippen molar-refractivity contribution >= 4 is 11.8 Å². The standard InChI is InChI=1S/C14H20FNOS/c1-9(8-10(2)17)16-13-6-7-18-14-11(13)4-3-5-12(14)15/h3-5,9-10,13,16-17H,6-8H2,1-2H3. The van der Waals surface area contributed by atoms with E-state index in [1.807, 2.05) is 6.07 Å². The van der Waals surface area contributed by atoms with Gasteiger partial charge in [0.25, 0.3) is 0 Å². The van der Waals surface area contributed by atoms with Crippen LogP contribution in [0.25, 0.3) is 0 Å². The predicted octanol–water partition coefficient (Wildman–Crippen LogP) is 3.11. The molecule has 2 rings (SSSR count). The highest BCUT2D eigenvalue weighted by Crippen LogP contribution is 2.37. The second kappa shape index (κ2) is 6.04. The zero-order chi connectivity index (χ0) is 13.1. The van der Waals surface area contributed by atoms with Crippen LogP contribution < -0.4 is 5.32 Å². The third-order valence-electron chi connectivity index (χ3n) is 3.21. The largest absolute Gasteiger partial charge is 0.393 e. The molecule has 2 N–H and O–H groups in total. The maximum Gasteiger partial charge on any atom is 0.137 e. The van der Waals surface area contributed by atoms with Crippen molar-refractivity contribution in [3.63, 3.8) is 0 Å². The summed E-state index contributed by atoms with van der Waals surface area (Å²) >= 11 is 1.60. The van der Waals surface area contributed by atoms with Crippen molar-refractivity contribution in [2.75, 3.05) is 5.75 Å². The molecule has 3 atom stereocenters. The van der Waals surface area contributed by atoms with E-state index in [0.29, 0.717) is 6.42 Å². The van der Waals surface area contributed by atoms with Crippen LogP contribution in [0.1, 0.15) is 38.3 Å². The van der Waals surface area contributed by atoms with Gasteiger partial charge in [-0.05, 0) is 44.1 Å². The normalized spacial score (nSPS) is 22.3. The first kappa shape index (κ1) is 13.8. The predicted molar refractivity (Wildman–Crippen MR) is 73.4 cm³/mol. The van der Waals surface area contributed by atoms with E-state index in [9.17, 15) is 9.50 Å². The average molecular weight is 269 g/mol. The Hall–Kier alpha value is -0.580. The first-order valence-electron chi connectivity index (χ1n) is 6.43. The van der Waals surface area contributed by atoms with Crippen molar-refractivity contribution in [1.82, 2.24) is 5.32 Å². The monoisotopic (exact) mass is 269 g/mol. The number of hydrogen-bond donors (Lipinski definition) is 2. The summed E-state index contributed by atoms with van der Waals surface area (Å²) in [5.74, 6) is 0.819. The van der Waals surface area contributed by atoms with Crippen molar-refractivity contribution < 1.29 is 9.50 Å².